The lowest BCUT2D eigenvalue weighted by molar-refractivity contribution is -0.145. The molecule has 0 radical (unpaired) electrons. The molecule has 4 heterocycles. The molecule has 15 heteroatoms. The number of hydrogen-bond acceptors (Lipinski definition) is 10. The van der Waals surface area contributed by atoms with Crippen LogP contribution in [0.25, 0.3) is 0 Å². The van der Waals surface area contributed by atoms with E-state index in [0.29, 0.717) is 34.8 Å². The second kappa shape index (κ2) is 13.3. The quantitative estimate of drug-likeness (QED) is 0.252. The number of nitrogens with zero attached hydrogens (tertiary/aromatic N) is 3. The Morgan fingerprint density at radius 1 is 1.04 bits per heavy atom. The summed E-state index contributed by atoms with van der Waals surface area (Å²) in [7, 11) is -3.90. The average Bonchev–Trinajstić information content (AvgIpc) is 3.61. The maximum Gasteiger partial charge on any atom is 0.323 e. The molecule has 1 aromatic heterocycles. The zero-order valence-electron chi connectivity index (χ0n) is 27.5. The highest BCUT2D eigenvalue weighted by Gasteiger charge is 2.45. The molecule has 0 unspecified atom stereocenters. The van der Waals surface area contributed by atoms with E-state index in [9.17, 15) is 26.8 Å². The van der Waals surface area contributed by atoms with Crippen LogP contribution >= 0.6 is 0 Å². The number of anilines is 5. The summed E-state index contributed by atoms with van der Waals surface area (Å²) in [5, 5.41) is 6.26. The van der Waals surface area contributed by atoms with E-state index in [1.165, 1.54) is 18.9 Å². The minimum absolute atomic E-state index is 0.144. The van der Waals surface area contributed by atoms with Crippen molar-refractivity contribution in [3.8, 4) is 0 Å². The van der Waals surface area contributed by atoms with Crippen LogP contribution in [0, 0.1) is 11.3 Å². The molecule has 2 saturated heterocycles. The Labute approximate surface area is 280 Å². The molecule has 0 bridgehead atoms. The Balaban J connectivity index is 1.20. The molecular formula is C33H45F2N7O5S. The molecule has 48 heavy (non-hydrogen) atoms. The number of rotatable bonds is 11. The van der Waals surface area contributed by atoms with Gasteiger partial charge in [-0.05, 0) is 73.3 Å². The van der Waals surface area contributed by atoms with Gasteiger partial charge in [0.05, 0.1) is 22.6 Å². The van der Waals surface area contributed by atoms with Gasteiger partial charge in [-0.25, -0.2) is 22.2 Å². The highest BCUT2D eigenvalue weighted by Crippen LogP contribution is 2.54. The molecule has 1 aliphatic carbocycles. The van der Waals surface area contributed by atoms with E-state index in [2.05, 4.69) is 20.3 Å². The summed E-state index contributed by atoms with van der Waals surface area (Å²) < 4.78 is 61.3. The summed E-state index contributed by atoms with van der Waals surface area (Å²) in [6.07, 6.45) is 4.60. The van der Waals surface area contributed by atoms with E-state index < -0.39 is 39.6 Å². The number of pyridine rings is 1. The maximum atomic E-state index is 13.9. The van der Waals surface area contributed by atoms with E-state index in [0.717, 1.165) is 43.6 Å². The first-order valence-corrected chi connectivity index (χ1v) is 18.4. The molecule has 5 N–H and O–H groups in total. The summed E-state index contributed by atoms with van der Waals surface area (Å²) in [5.74, 6) is -3.48. The number of benzene rings is 1. The van der Waals surface area contributed by atoms with Crippen molar-refractivity contribution in [2.24, 2.45) is 17.1 Å². The van der Waals surface area contributed by atoms with Crippen LogP contribution in [0.3, 0.4) is 0 Å². The van der Waals surface area contributed by atoms with E-state index in [1.807, 2.05) is 11.0 Å². The van der Waals surface area contributed by atoms with Gasteiger partial charge in [0.2, 0.25) is 10.0 Å². The van der Waals surface area contributed by atoms with Gasteiger partial charge in [-0.1, -0.05) is 13.8 Å². The first-order chi connectivity index (χ1) is 22.7. The third kappa shape index (κ3) is 7.77. The van der Waals surface area contributed by atoms with Gasteiger partial charge < -0.3 is 30.9 Å². The van der Waals surface area contributed by atoms with Crippen LogP contribution < -0.4 is 30.9 Å². The topological polar surface area (TPSA) is 159 Å². The van der Waals surface area contributed by atoms with Crippen molar-refractivity contribution in [1.82, 2.24) is 4.98 Å². The van der Waals surface area contributed by atoms with Crippen LogP contribution in [0.5, 0.6) is 0 Å². The highest BCUT2D eigenvalue weighted by atomic mass is 32.2. The number of aromatic nitrogens is 1. The lowest BCUT2D eigenvalue weighted by Gasteiger charge is -2.35. The fourth-order valence-electron chi connectivity index (χ4n) is 6.62. The van der Waals surface area contributed by atoms with E-state index in [1.54, 1.807) is 26.0 Å². The van der Waals surface area contributed by atoms with E-state index in [-0.39, 0.29) is 44.1 Å². The summed E-state index contributed by atoms with van der Waals surface area (Å²) in [4.78, 5) is 34.6. The van der Waals surface area contributed by atoms with Gasteiger partial charge in [0, 0.05) is 45.6 Å². The van der Waals surface area contributed by atoms with Gasteiger partial charge in [-0.2, -0.15) is 0 Å². The highest BCUT2D eigenvalue weighted by molar-refractivity contribution is 7.92. The standard InChI is InChI=1S/C33H45F2N7O5S/c1-21(2)27(36)31(44)47-17-18-48(45,46)40-23-3-4-24(25(20-23)41-13-8-32(6-7-32)9-14-41)30(43)39-26-19-22-5-12-37-28(22)29(38-26)42-15-10-33(34,35)11-16-42/h3-4,19-21,27,37,40H,5-18,36H2,1-2H3,(H,38,39,43)/t27-/m0/s1. The predicted octanol–water partition coefficient (Wildman–Crippen LogP) is 4.19. The van der Waals surface area contributed by atoms with Crippen LogP contribution in [0.2, 0.25) is 0 Å². The number of halogens is 2. The smallest absolute Gasteiger partial charge is 0.323 e. The third-order valence-electron chi connectivity index (χ3n) is 10.0. The number of sulfonamides is 1. The molecule has 4 aliphatic rings. The number of amides is 1. The van der Waals surface area contributed by atoms with Crippen molar-refractivity contribution in [1.29, 1.82) is 0 Å². The molecule has 1 aromatic carbocycles. The third-order valence-corrected chi connectivity index (χ3v) is 11.3. The van der Waals surface area contributed by atoms with Crippen molar-refractivity contribution >= 4 is 50.6 Å². The average molecular weight is 690 g/mol. The number of carbonyl (C=O) groups is 2. The number of nitrogens with two attached hydrogens (primary N) is 1. The number of nitrogens with one attached hydrogen (secondary N) is 3. The largest absolute Gasteiger partial charge is 0.463 e. The predicted molar refractivity (Wildman–Crippen MR) is 182 cm³/mol. The van der Waals surface area contributed by atoms with Gasteiger partial charge in [0.1, 0.15) is 24.2 Å². The molecule has 1 amide bonds. The molecule has 6 rings (SSSR count). The Morgan fingerprint density at radius 3 is 2.40 bits per heavy atom. The number of piperidine rings is 2. The maximum absolute atomic E-state index is 13.9. The Kier molecular flexibility index (Phi) is 9.46. The van der Waals surface area contributed by atoms with Gasteiger partial charge >= 0.3 is 5.97 Å². The summed E-state index contributed by atoms with van der Waals surface area (Å²) in [6, 6.07) is 5.76. The van der Waals surface area contributed by atoms with Crippen molar-refractivity contribution in [2.45, 2.75) is 70.8 Å². The zero-order chi connectivity index (χ0) is 34.3. The molecule has 1 atom stereocenters. The number of fused-ring (bicyclic) bond motifs is 1. The number of esters is 1. The summed E-state index contributed by atoms with van der Waals surface area (Å²) >= 11 is 0. The number of alkyl halides is 2. The first kappa shape index (κ1) is 34.2. The Bertz CT molecular complexity index is 1650. The number of ether oxygens (including phenoxy) is 1. The van der Waals surface area contributed by atoms with Crippen molar-refractivity contribution in [3.05, 3.63) is 35.4 Å². The first-order valence-electron chi connectivity index (χ1n) is 16.8. The van der Waals surface area contributed by atoms with E-state index in [4.69, 9.17) is 15.5 Å². The zero-order valence-corrected chi connectivity index (χ0v) is 28.3. The monoisotopic (exact) mass is 689 g/mol. The second-order valence-corrected chi connectivity index (χ2v) is 15.8. The van der Waals surface area contributed by atoms with Crippen LogP contribution in [-0.4, -0.2) is 82.3 Å². The normalized spacial score (nSPS) is 20.2. The van der Waals surface area contributed by atoms with Crippen molar-refractivity contribution in [3.63, 3.8) is 0 Å². The molecule has 1 saturated carbocycles. The van der Waals surface area contributed by atoms with Gasteiger partial charge in [0.25, 0.3) is 11.8 Å². The second-order valence-electron chi connectivity index (χ2n) is 13.9. The lowest BCUT2D eigenvalue weighted by Crippen LogP contribution is -2.40. The minimum atomic E-state index is -3.90. The van der Waals surface area contributed by atoms with Crippen LogP contribution in [0.1, 0.15) is 68.3 Å². The molecule has 12 nitrogen and oxygen atoms in total. The Morgan fingerprint density at radius 2 is 1.73 bits per heavy atom. The fourth-order valence-corrected chi connectivity index (χ4v) is 7.51. The fraction of sp³-hybridized carbons (Fsp3) is 0.606. The van der Waals surface area contributed by atoms with Crippen molar-refractivity contribution in [2.75, 3.05) is 70.2 Å². The van der Waals surface area contributed by atoms with Crippen LogP contribution in [0.15, 0.2) is 24.3 Å². The van der Waals surface area contributed by atoms with Gasteiger partial charge in [0.15, 0.2) is 5.82 Å². The number of hydrogen-bond donors (Lipinski definition) is 4. The minimum Gasteiger partial charge on any atom is -0.463 e. The molecule has 262 valence electrons. The molecule has 2 aromatic rings. The summed E-state index contributed by atoms with van der Waals surface area (Å²) in [5.41, 5.74) is 9.19. The molecule has 1 spiro atoms. The molecule has 3 fully saturated rings. The lowest BCUT2D eigenvalue weighted by atomic mass is 9.93. The van der Waals surface area contributed by atoms with E-state index >= 15 is 0 Å². The Hall–Kier alpha value is -3.72. The van der Waals surface area contributed by atoms with Gasteiger partial charge in [-0.3, -0.25) is 14.3 Å². The SMILES string of the molecule is CC(C)[C@H](N)C(=O)OCCS(=O)(=O)Nc1ccc(C(=O)Nc2cc3c(c(N4CCC(F)(F)CC4)n2)NCC3)c(N2CCC3(CC2)CC3)c1. The van der Waals surface area contributed by atoms with Crippen molar-refractivity contribution < 1.29 is 31.5 Å². The van der Waals surface area contributed by atoms with Crippen LogP contribution in [0.4, 0.5) is 37.5 Å². The van der Waals surface area contributed by atoms with Crippen LogP contribution in [-0.2, 0) is 26.0 Å². The number of carbonyl (C=O) groups excluding carboxylic acids is 2. The molecular weight excluding hydrogens is 644 g/mol. The summed E-state index contributed by atoms with van der Waals surface area (Å²) in [6.45, 7) is 5.69. The molecule has 3 aliphatic heterocycles. The van der Waals surface area contributed by atoms with Gasteiger partial charge in [-0.15, -0.1) is 0 Å².